The van der Waals surface area contributed by atoms with Gasteiger partial charge in [-0.3, -0.25) is 33.8 Å². The number of hydrogen-bond donors (Lipinski definition) is 5. The van der Waals surface area contributed by atoms with E-state index >= 15 is 0 Å². The number of likely N-dealkylation sites (tertiary alicyclic amines) is 1. The molecule has 1 aliphatic rings. The molecule has 1 aromatic carbocycles. The van der Waals surface area contributed by atoms with Crippen LogP contribution in [0.15, 0.2) is 42.7 Å². The Morgan fingerprint density at radius 3 is 2.30 bits per heavy atom. The SMILES string of the molecule is Cc1ccc(Nc2ncc(CNc3cc(C(=O)N[C@@H](C(=O)N4CCC[C@@H]4C(=O)NC(C)(C)C(=O)N[C@H](CC(C)C)C(=O)N(C)C)C(C)C)ccc3C)c(N(C)C=O)n2)cn1. The van der Waals surface area contributed by atoms with Crippen LogP contribution in [0, 0.1) is 25.7 Å². The van der Waals surface area contributed by atoms with Gasteiger partial charge in [0.05, 0.1) is 11.9 Å². The fourth-order valence-corrected chi connectivity index (χ4v) is 6.76. The molecule has 0 bridgehead atoms. The molecule has 60 heavy (non-hydrogen) atoms. The van der Waals surface area contributed by atoms with Crippen molar-refractivity contribution in [2.75, 3.05) is 43.2 Å². The molecule has 0 unspecified atom stereocenters. The average molecular weight is 828 g/mol. The Balaban J connectivity index is 1.45. The van der Waals surface area contributed by atoms with E-state index in [-0.39, 0.29) is 30.2 Å². The molecule has 17 heteroatoms. The van der Waals surface area contributed by atoms with Crippen molar-refractivity contribution in [1.29, 1.82) is 0 Å². The lowest BCUT2D eigenvalue weighted by Gasteiger charge is -2.33. The first-order chi connectivity index (χ1) is 28.2. The highest BCUT2D eigenvalue weighted by Gasteiger charge is 2.42. The van der Waals surface area contributed by atoms with Crippen LogP contribution in [0.25, 0.3) is 0 Å². The summed E-state index contributed by atoms with van der Waals surface area (Å²) in [4.78, 5) is 97.3. The van der Waals surface area contributed by atoms with Gasteiger partial charge in [-0.25, -0.2) is 4.98 Å². The van der Waals surface area contributed by atoms with Gasteiger partial charge in [0.25, 0.3) is 5.91 Å². The molecule has 0 aliphatic carbocycles. The summed E-state index contributed by atoms with van der Waals surface area (Å²) in [5.74, 6) is -1.65. The fourth-order valence-electron chi connectivity index (χ4n) is 6.76. The first-order valence-corrected chi connectivity index (χ1v) is 20.3. The van der Waals surface area contributed by atoms with Crippen LogP contribution in [-0.4, -0.2) is 112 Å². The number of rotatable bonds is 18. The van der Waals surface area contributed by atoms with E-state index in [4.69, 9.17) is 0 Å². The van der Waals surface area contributed by atoms with E-state index in [0.717, 1.165) is 11.3 Å². The van der Waals surface area contributed by atoms with Crippen LogP contribution in [0.1, 0.15) is 88.0 Å². The molecule has 5 N–H and O–H groups in total. The van der Waals surface area contributed by atoms with E-state index in [1.54, 1.807) is 65.6 Å². The number of anilines is 4. The van der Waals surface area contributed by atoms with Crippen LogP contribution in [0.4, 0.5) is 23.1 Å². The largest absolute Gasteiger partial charge is 0.381 e. The van der Waals surface area contributed by atoms with E-state index in [1.165, 1.54) is 14.7 Å². The predicted octanol–water partition coefficient (Wildman–Crippen LogP) is 3.70. The highest BCUT2D eigenvalue weighted by atomic mass is 16.2. The van der Waals surface area contributed by atoms with E-state index in [0.29, 0.717) is 60.5 Å². The highest BCUT2D eigenvalue weighted by Crippen LogP contribution is 2.25. The molecule has 3 aromatic rings. The number of benzene rings is 1. The maximum Gasteiger partial charge on any atom is 0.252 e. The number of aryl methyl sites for hydroxylation is 2. The molecule has 3 heterocycles. The molecule has 0 spiro atoms. The first-order valence-electron chi connectivity index (χ1n) is 20.3. The second-order valence-corrected chi connectivity index (χ2v) is 16.8. The molecule has 1 fully saturated rings. The summed E-state index contributed by atoms with van der Waals surface area (Å²) in [5, 5.41) is 15.0. The summed E-state index contributed by atoms with van der Waals surface area (Å²) in [5.41, 5.74) is 2.59. The van der Waals surface area contributed by atoms with Gasteiger partial charge < -0.3 is 41.3 Å². The molecule has 6 amide bonds. The first kappa shape index (κ1) is 46.6. The van der Waals surface area contributed by atoms with Gasteiger partial charge in [0, 0.05) is 62.9 Å². The highest BCUT2D eigenvalue weighted by molar-refractivity contribution is 6.00. The van der Waals surface area contributed by atoms with Crippen LogP contribution >= 0.6 is 0 Å². The Hall–Kier alpha value is -6.13. The summed E-state index contributed by atoms with van der Waals surface area (Å²) >= 11 is 0. The Morgan fingerprint density at radius 1 is 0.967 bits per heavy atom. The number of aromatic nitrogens is 3. The second kappa shape index (κ2) is 20.2. The van der Waals surface area contributed by atoms with Gasteiger partial charge in [-0.15, -0.1) is 0 Å². The molecule has 324 valence electrons. The monoisotopic (exact) mass is 827 g/mol. The van der Waals surface area contributed by atoms with E-state index in [9.17, 15) is 28.8 Å². The van der Waals surface area contributed by atoms with Crippen molar-refractivity contribution < 1.29 is 28.8 Å². The van der Waals surface area contributed by atoms with Gasteiger partial charge in [0.15, 0.2) is 0 Å². The minimum atomic E-state index is -1.39. The smallest absolute Gasteiger partial charge is 0.252 e. The van der Waals surface area contributed by atoms with Gasteiger partial charge in [-0.05, 0) is 88.6 Å². The fraction of sp³-hybridized carbons (Fsp3) is 0.512. The summed E-state index contributed by atoms with van der Waals surface area (Å²) in [6, 6.07) is 6.30. The summed E-state index contributed by atoms with van der Waals surface area (Å²) in [7, 11) is 4.84. The molecule has 0 saturated carbocycles. The molecular formula is C43H61N11O6. The maximum atomic E-state index is 14.1. The normalized spacial score (nSPS) is 14.9. The quantitative estimate of drug-likeness (QED) is 0.117. The van der Waals surface area contributed by atoms with Gasteiger partial charge in [-0.2, -0.15) is 4.98 Å². The number of amides is 6. The number of carbonyl (C=O) groups is 6. The Bertz CT molecular complexity index is 2040. The van der Waals surface area contributed by atoms with Crippen LogP contribution in [0.5, 0.6) is 0 Å². The van der Waals surface area contributed by atoms with Crippen molar-refractivity contribution in [3.05, 3.63) is 65.1 Å². The molecule has 1 saturated heterocycles. The lowest BCUT2D eigenvalue weighted by Crippen LogP contribution is -2.62. The summed E-state index contributed by atoms with van der Waals surface area (Å²) < 4.78 is 0. The number of nitrogens with one attached hydrogen (secondary N) is 5. The minimum Gasteiger partial charge on any atom is -0.381 e. The molecule has 4 rings (SSSR count). The van der Waals surface area contributed by atoms with Crippen molar-refractivity contribution in [2.24, 2.45) is 11.8 Å². The zero-order valence-electron chi connectivity index (χ0n) is 36.7. The third kappa shape index (κ3) is 12.0. The van der Waals surface area contributed by atoms with Crippen LogP contribution in [0.2, 0.25) is 0 Å². The molecule has 17 nitrogen and oxygen atoms in total. The molecule has 3 atom stereocenters. The molecular weight excluding hydrogens is 767 g/mol. The van der Waals surface area contributed by atoms with Crippen LogP contribution < -0.4 is 31.5 Å². The zero-order chi connectivity index (χ0) is 44.5. The minimum absolute atomic E-state index is 0.135. The van der Waals surface area contributed by atoms with Crippen molar-refractivity contribution in [2.45, 2.75) is 105 Å². The third-order valence-electron chi connectivity index (χ3n) is 10.3. The molecule has 2 aromatic heterocycles. The topological polar surface area (TPSA) is 211 Å². The number of nitrogens with zero attached hydrogens (tertiary/aromatic N) is 6. The number of hydrogen-bond acceptors (Lipinski definition) is 11. The van der Waals surface area contributed by atoms with Gasteiger partial charge in [0.2, 0.25) is 36.0 Å². The van der Waals surface area contributed by atoms with Gasteiger partial charge in [0.1, 0.15) is 29.5 Å². The van der Waals surface area contributed by atoms with Gasteiger partial charge in [-0.1, -0.05) is 33.8 Å². The maximum absolute atomic E-state index is 14.1. The molecule has 1 aliphatic heterocycles. The predicted molar refractivity (Wildman–Crippen MR) is 230 cm³/mol. The third-order valence-corrected chi connectivity index (χ3v) is 10.3. The second-order valence-electron chi connectivity index (χ2n) is 16.8. The Kier molecular flexibility index (Phi) is 15.7. The lowest BCUT2D eigenvalue weighted by atomic mass is 9.98. The Labute approximate surface area is 352 Å². The van der Waals surface area contributed by atoms with Gasteiger partial charge >= 0.3 is 0 Å². The average Bonchev–Trinajstić information content (AvgIpc) is 3.69. The van der Waals surface area contributed by atoms with E-state index in [1.807, 2.05) is 53.7 Å². The number of likely N-dealkylation sites (N-methyl/N-ethyl adjacent to an activating group) is 1. The van der Waals surface area contributed by atoms with Crippen molar-refractivity contribution >= 4 is 59.1 Å². The van der Waals surface area contributed by atoms with E-state index in [2.05, 4.69) is 41.5 Å². The van der Waals surface area contributed by atoms with Crippen molar-refractivity contribution in [3.63, 3.8) is 0 Å². The zero-order valence-corrected chi connectivity index (χ0v) is 36.7. The van der Waals surface area contributed by atoms with Crippen LogP contribution in [0.3, 0.4) is 0 Å². The molecule has 0 radical (unpaired) electrons. The summed E-state index contributed by atoms with van der Waals surface area (Å²) in [6.07, 6.45) is 5.31. The number of carbonyl (C=O) groups excluding carboxylic acids is 6. The number of pyridine rings is 1. The standard InChI is InChI=1S/C43H61N11O6/c1-25(2)19-33(39(58)52(9)10)48-41(60)43(7,8)51-38(57)34-13-12-18-54(34)40(59)35(26(3)4)49-37(56)29-16-14-27(5)32(20-29)45-21-30-22-46-42(50-36(30)53(11)24-55)47-31-17-15-28(6)44-23-31/h14-17,20,22-26,33-35,45H,12-13,18-19,21H2,1-11H3,(H,48,60)(H,49,56)(H,51,57)(H,46,47,50)/t33-,34-,35-/m1/s1. The van der Waals surface area contributed by atoms with Crippen molar-refractivity contribution in [3.8, 4) is 0 Å². The van der Waals surface area contributed by atoms with Crippen LogP contribution in [-0.2, 0) is 30.5 Å². The Morgan fingerprint density at radius 2 is 1.68 bits per heavy atom. The van der Waals surface area contributed by atoms with E-state index < -0.39 is 47.3 Å². The summed E-state index contributed by atoms with van der Waals surface area (Å²) in [6.45, 7) is 15.0. The lowest BCUT2D eigenvalue weighted by molar-refractivity contribution is -0.143. The van der Waals surface area contributed by atoms with Crippen molar-refractivity contribution in [1.82, 2.24) is 40.7 Å².